The van der Waals surface area contributed by atoms with Crippen LogP contribution in [0.3, 0.4) is 0 Å². The van der Waals surface area contributed by atoms with Gasteiger partial charge in [-0.05, 0) is 31.3 Å². The Hall–Kier alpha value is -1.59. The fourth-order valence-electron chi connectivity index (χ4n) is 1.97. The van der Waals surface area contributed by atoms with Gasteiger partial charge in [-0.3, -0.25) is 0 Å². The average molecular weight is 304 g/mol. The lowest BCUT2D eigenvalue weighted by molar-refractivity contribution is 0.481. The molecule has 0 spiro atoms. The van der Waals surface area contributed by atoms with Crippen molar-refractivity contribution in [3.63, 3.8) is 0 Å². The fourth-order valence-corrected chi connectivity index (χ4v) is 2.15. The van der Waals surface area contributed by atoms with E-state index in [-0.39, 0.29) is 16.1 Å². The molecule has 0 aliphatic heterocycles. The van der Waals surface area contributed by atoms with Gasteiger partial charge < -0.3 is 5.32 Å². The molecule has 0 bridgehead atoms. The van der Waals surface area contributed by atoms with Crippen LogP contribution in [0.5, 0.6) is 0 Å². The highest BCUT2D eigenvalue weighted by atomic mass is 35.5. The monoisotopic (exact) mass is 303 g/mol. The van der Waals surface area contributed by atoms with E-state index < -0.39 is 29.3 Å². The van der Waals surface area contributed by atoms with Gasteiger partial charge in [0, 0.05) is 22.2 Å². The van der Waals surface area contributed by atoms with Crippen molar-refractivity contribution in [2.45, 2.75) is 6.04 Å². The van der Waals surface area contributed by atoms with E-state index in [1.54, 1.807) is 0 Å². The molecule has 0 aliphatic rings. The van der Waals surface area contributed by atoms with Gasteiger partial charge in [-0.2, -0.15) is 0 Å². The summed E-state index contributed by atoms with van der Waals surface area (Å²) in [5, 5.41) is 2.92. The van der Waals surface area contributed by atoms with Crippen molar-refractivity contribution < 1.29 is 17.6 Å². The number of hydrogen-bond donors (Lipinski definition) is 1. The van der Waals surface area contributed by atoms with Crippen molar-refractivity contribution in [3.8, 4) is 0 Å². The third kappa shape index (κ3) is 2.78. The van der Waals surface area contributed by atoms with E-state index in [0.29, 0.717) is 12.1 Å². The van der Waals surface area contributed by atoms with Crippen molar-refractivity contribution in [1.82, 2.24) is 5.32 Å². The maximum atomic E-state index is 13.8. The first-order chi connectivity index (χ1) is 9.43. The standard InChI is InChI=1S/C14H10ClF4N/c1-20-14(8-4-7(15)2-3-10(8)16)9-5-12(18)13(19)6-11(9)17/h2-6,14,20H,1H3. The summed E-state index contributed by atoms with van der Waals surface area (Å²) < 4.78 is 53.8. The van der Waals surface area contributed by atoms with Crippen LogP contribution in [-0.2, 0) is 0 Å². The van der Waals surface area contributed by atoms with Crippen LogP contribution in [0.4, 0.5) is 17.6 Å². The van der Waals surface area contributed by atoms with Gasteiger partial charge in [0.15, 0.2) is 11.6 Å². The van der Waals surface area contributed by atoms with Crippen LogP contribution in [0, 0.1) is 23.3 Å². The molecule has 2 aromatic rings. The highest BCUT2D eigenvalue weighted by Crippen LogP contribution is 2.29. The lowest BCUT2D eigenvalue weighted by Crippen LogP contribution is -2.20. The maximum absolute atomic E-state index is 13.8. The first-order valence-corrected chi connectivity index (χ1v) is 6.08. The van der Waals surface area contributed by atoms with Crippen molar-refractivity contribution in [2.24, 2.45) is 0 Å². The minimum absolute atomic E-state index is 0.0462. The molecule has 1 unspecified atom stereocenters. The van der Waals surface area contributed by atoms with Crippen LogP contribution >= 0.6 is 11.6 Å². The lowest BCUT2D eigenvalue weighted by atomic mass is 9.97. The van der Waals surface area contributed by atoms with Crippen LogP contribution in [-0.4, -0.2) is 7.05 Å². The third-order valence-corrected chi connectivity index (χ3v) is 3.14. The Morgan fingerprint density at radius 3 is 2.10 bits per heavy atom. The van der Waals surface area contributed by atoms with Crippen LogP contribution < -0.4 is 5.32 Å². The highest BCUT2D eigenvalue weighted by Gasteiger charge is 2.22. The topological polar surface area (TPSA) is 12.0 Å². The lowest BCUT2D eigenvalue weighted by Gasteiger charge is -2.19. The number of rotatable bonds is 3. The van der Waals surface area contributed by atoms with Crippen LogP contribution in [0.2, 0.25) is 5.02 Å². The van der Waals surface area contributed by atoms with Gasteiger partial charge in [0.25, 0.3) is 0 Å². The third-order valence-electron chi connectivity index (χ3n) is 2.91. The van der Waals surface area contributed by atoms with Gasteiger partial charge in [-0.15, -0.1) is 0 Å². The van der Waals surface area contributed by atoms with Gasteiger partial charge in [-0.1, -0.05) is 11.6 Å². The zero-order valence-electron chi connectivity index (χ0n) is 10.4. The second-order valence-corrected chi connectivity index (χ2v) is 4.61. The molecular formula is C14H10ClF4N. The average Bonchev–Trinajstić information content (AvgIpc) is 2.40. The van der Waals surface area contributed by atoms with E-state index in [1.165, 1.54) is 19.2 Å². The van der Waals surface area contributed by atoms with Gasteiger partial charge >= 0.3 is 0 Å². The quantitative estimate of drug-likeness (QED) is 0.662. The number of benzene rings is 2. The van der Waals surface area contributed by atoms with Crippen molar-refractivity contribution in [1.29, 1.82) is 0 Å². The molecular weight excluding hydrogens is 294 g/mol. The fraction of sp³-hybridized carbons (Fsp3) is 0.143. The Bertz CT molecular complexity index is 645. The molecule has 2 aromatic carbocycles. The summed E-state index contributed by atoms with van der Waals surface area (Å²) in [5.41, 5.74) is -0.155. The molecule has 1 nitrogen and oxygen atoms in total. The van der Waals surface area contributed by atoms with Crippen molar-refractivity contribution in [3.05, 3.63) is 69.8 Å². The molecule has 20 heavy (non-hydrogen) atoms. The predicted octanol–water partition coefficient (Wildman–Crippen LogP) is 4.21. The number of hydrogen-bond acceptors (Lipinski definition) is 1. The minimum atomic E-state index is -1.30. The van der Waals surface area contributed by atoms with E-state index in [2.05, 4.69) is 5.32 Å². The molecule has 0 saturated heterocycles. The summed E-state index contributed by atoms with van der Waals surface area (Å²) in [6.45, 7) is 0. The van der Waals surface area contributed by atoms with Gasteiger partial charge in [0.2, 0.25) is 0 Å². The predicted molar refractivity (Wildman–Crippen MR) is 68.6 cm³/mol. The SMILES string of the molecule is CNC(c1cc(Cl)ccc1F)c1cc(F)c(F)cc1F. The molecule has 0 aliphatic carbocycles. The van der Waals surface area contributed by atoms with Crippen LogP contribution in [0.1, 0.15) is 17.2 Å². The zero-order valence-corrected chi connectivity index (χ0v) is 11.1. The minimum Gasteiger partial charge on any atom is -0.309 e. The molecule has 1 N–H and O–H groups in total. The summed E-state index contributed by atoms with van der Waals surface area (Å²) in [7, 11) is 1.45. The largest absolute Gasteiger partial charge is 0.309 e. The maximum Gasteiger partial charge on any atom is 0.161 e. The summed E-state index contributed by atoms with van der Waals surface area (Å²) in [4.78, 5) is 0. The van der Waals surface area contributed by atoms with Gasteiger partial charge in [-0.25, -0.2) is 17.6 Å². The van der Waals surface area contributed by atoms with E-state index in [4.69, 9.17) is 11.6 Å². The molecule has 2 rings (SSSR count). The Labute approximate surface area is 118 Å². The molecule has 0 saturated carbocycles. The molecule has 0 heterocycles. The summed E-state index contributed by atoms with van der Waals surface area (Å²) in [5.74, 6) is -4.10. The van der Waals surface area contributed by atoms with Crippen LogP contribution in [0.25, 0.3) is 0 Å². The summed E-state index contributed by atoms with van der Waals surface area (Å²) in [6, 6.07) is 3.92. The number of nitrogens with one attached hydrogen (secondary N) is 1. The second-order valence-electron chi connectivity index (χ2n) is 4.18. The zero-order chi connectivity index (χ0) is 14.9. The molecule has 0 radical (unpaired) electrons. The molecule has 1 atom stereocenters. The molecule has 0 amide bonds. The normalized spacial score (nSPS) is 12.5. The Morgan fingerprint density at radius 1 is 0.850 bits per heavy atom. The van der Waals surface area contributed by atoms with Crippen molar-refractivity contribution >= 4 is 11.6 Å². The second kappa shape index (κ2) is 5.81. The Balaban J connectivity index is 2.58. The first-order valence-electron chi connectivity index (χ1n) is 5.70. The smallest absolute Gasteiger partial charge is 0.161 e. The van der Waals surface area contributed by atoms with E-state index in [0.717, 1.165) is 6.07 Å². The van der Waals surface area contributed by atoms with Crippen LogP contribution in [0.15, 0.2) is 30.3 Å². The Kier molecular flexibility index (Phi) is 4.30. The first kappa shape index (κ1) is 14.8. The van der Waals surface area contributed by atoms with E-state index in [1.807, 2.05) is 0 Å². The van der Waals surface area contributed by atoms with E-state index in [9.17, 15) is 17.6 Å². The Morgan fingerprint density at radius 2 is 1.45 bits per heavy atom. The van der Waals surface area contributed by atoms with Crippen molar-refractivity contribution in [2.75, 3.05) is 7.05 Å². The molecule has 106 valence electrons. The number of halogens is 5. The van der Waals surface area contributed by atoms with E-state index >= 15 is 0 Å². The molecule has 0 aromatic heterocycles. The van der Waals surface area contributed by atoms with Gasteiger partial charge in [0.05, 0.1) is 6.04 Å². The molecule has 0 fully saturated rings. The summed E-state index contributed by atoms with van der Waals surface area (Å²) >= 11 is 5.78. The van der Waals surface area contributed by atoms with Gasteiger partial charge in [0.1, 0.15) is 11.6 Å². The summed E-state index contributed by atoms with van der Waals surface area (Å²) in [6.07, 6.45) is 0. The highest BCUT2D eigenvalue weighted by molar-refractivity contribution is 6.30. The molecule has 6 heteroatoms.